The lowest BCUT2D eigenvalue weighted by molar-refractivity contribution is 0.105. The van der Waals surface area contributed by atoms with Crippen LogP contribution in [0.15, 0.2) is 24.5 Å². The van der Waals surface area contributed by atoms with Gasteiger partial charge in [-0.1, -0.05) is 19.6 Å². The number of nitrogens with zero attached hydrogens (tertiary/aromatic N) is 1. The molecule has 14 heavy (non-hydrogen) atoms. The third-order valence-electron chi connectivity index (χ3n) is 1.49. The lowest BCUT2D eigenvalue weighted by atomic mass is 10.2. The van der Waals surface area contributed by atoms with E-state index >= 15 is 0 Å². The molecule has 0 spiro atoms. The molecule has 0 atom stereocenters. The first kappa shape index (κ1) is 10.7. The van der Waals surface area contributed by atoms with Crippen molar-refractivity contribution in [2.24, 2.45) is 0 Å². The molecule has 0 saturated carbocycles. The lowest BCUT2D eigenvalue weighted by Crippen LogP contribution is -2.17. The van der Waals surface area contributed by atoms with Crippen LogP contribution in [0.3, 0.4) is 0 Å². The number of aromatic nitrogens is 1. The molecule has 1 aromatic rings. The van der Waals surface area contributed by atoms with Crippen molar-refractivity contribution in [3.8, 4) is 11.5 Å². The van der Waals surface area contributed by atoms with E-state index < -0.39 is 8.07 Å². The van der Waals surface area contributed by atoms with Gasteiger partial charge in [0, 0.05) is 18.0 Å². The summed E-state index contributed by atoms with van der Waals surface area (Å²) < 4.78 is 0. The van der Waals surface area contributed by atoms with E-state index in [4.69, 9.17) is 0 Å². The first-order valence-electron chi connectivity index (χ1n) is 4.46. The number of carbonyl (C=O) groups is 1. The van der Waals surface area contributed by atoms with Crippen LogP contribution in [0.5, 0.6) is 0 Å². The average Bonchev–Trinajstić information content (AvgIpc) is 2.14. The molecular formula is C11H13NOSi. The molecule has 1 aromatic heterocycles. The molecule has 0 aliphatic heterocycles. The molecule has 0 bridgehead atoms. The van der Waals surface area contributed by atoms with Crippen molar-refractivity contribution >= 4 is 13.9 Å². The van der Waals surface area contributed by atoms with Crippen molar-refractivity contribution in [2.45, 2.75) is 19.6 Å². The predicted octanol–water partition coefficient (Wildman–Crippen LogP) is 2.15. The maximum Gasteiger partial charge on any atom is 0.235 e. The fourth-order valence-electron chi connectivity index (χ4n) is 0.820. The van der Waals surface area contributed by atoms with Crippen molar-refractivity contribution in [3.63, 3.8) is 0 Å². The minimum absolute atomic E-state index is 0.116. The highest BCUT2D eigenvalue weighted by Gasteiger charge is 2.09. The minimum Gasteiger partial charge on any atom is -0.279 e. The second-order valence-corrected chi connectivity index (χ2v) is 8.82. The second-order valence-electron chi connectivity index (χ2n) is 4.07. The number of Topliss-reactive ketones (excluding diaryl/α,β-unsaturated/α-hetero) is 1. The second kappa shape index (κ2) is 4.21. The molecule has 3 heteroatoms. The molecule has 0 saturated heterocycles. The molecule has 0 fully saturated rings. The Morgan fingerprint density at radius 2 is 1.86 bits per heavy atom. The molecule has 0 unspecified atom stereocenters. The van der Waals surface area contributed by atoms with E-state index in [0.29, 0.717) is 5.56 Å². The largest absolute Gasteiger partial charge is 0.279 e. The van der Waals surface area contributed by atoms with Gasteiger partial charge in [0.2, 0.25) is 5.78 Å². The van der Waals surface area contributed by atoms with Gasteiger partial charge in [-0.2, -0.15) is 0 Å². The van der Waals surface area contributed by atoms with Crippen molar-refractivity contribution in [1.82, 2.24) is 4.98 Å². The van der Waals surface area contributed by atoms with Gasteiger partial charge < -0.3 is 0 Å². The Kier molecular flexibility index (Phi) is 3.21. The van der Waals surface area contributed by atoms with Gasteiger partial charge in [0.1, 0.15) is 8.07 Å². The summed E-state index contributed by atoms with van der Waals surface area (Å²) in [5.41, 5.74) is 3.66. The van der Waals surface area contributed by atoms with Gasteiger partial charge >= 0.3 is 0 Å². The fourth-order valence-corrected chi connectivity index (χ4v) is 1.31. The summed E-state index contributed by atoms with van der Waals surface area (Å²) in [5.74, 6) is 2.57. The standard InChI is InChI=1S/C11H13NOSi/c1-14(2,3)9-6-11(13)10-4-7-12-8-5-10/h4-5,7-8H,1-3H3. The van der Waals surface area contributed by atoms with Crippen molar-refractivity contribution in [3.05, 3.63) is 30.1 Å². The Balaban J connectivity index is 2.82. The summed E-state index contributed by atoms with van der Waals surface area (Å²) in [4.78, 5) is 15.4. The molecule has 0 amide bonds. The van der Waals surface area contributed by atoms with Crippen LogP contribution in [-0.2, 0) is 0 Å². The number of carbonyl (C=O) groups excluding carboxylic acids is 1. The molecule has 1 rings (SSSR count). The molecule has 72 valence electrons. The first-order chi connectivity index (χ1) is 6.49. The Morgan fingerprint density at radius 1 is 1.29 bits per heavy atom. The number of rotatable bonds is 1. The number of pyridine rings is 1. The quantitative estimate of drug-likeness (QED) is 0.397. The zero-order valence-electron chi connectivity index (χ0n) is 8.66. The van der Waals surface area contributed by atoms with Crippen LogP contribution in [0.25, 0.3) is 0 Å². The molecule has 0 radical (unpaired) electrons. The van der Waals surface area contributed by atoms with Gasteiger partial charge in [-0.3, -0.25) is 9.78 Å². The van der Waals surface area contributed by atoms with E-state index in [1.165, 1.54) is 0 Å². The SMILES string of the molecule is C[Si](C)(C)C#CC(=O)c1ccncc1. The highest BCUT2D eigenvalue weighted by Crippen LogP contribution is 1.99. The van der Waals surface area contributed by atoms with Gasteiger partial charge in [0.05, 0.1) is 0 Å². The summed E-state index contributed by atoms with van der Waals surface area (Å²) in [5, 5.41) is 0. The Morgan fingerprint density at radius 3 is 2.36 bits per heavy atom. The molecule has 0 N–H and O–H groups in total. The van der Waals surface area contributed by atoms with E-state index in [2.05, 4.69) is 36.1 Å². The van der Waals surface area contributed by atoms with Crippen LogP contribution in [-0.4, -0.2) is 18.8 Å². The third-order valence-corrected chi connectivity index (χ3v) is 2.37. The maximum absolute atomic E-state index is 11.5. The van der Waals surface area contributed by atoms with Crippen molar-refractivity contribution in [2.75, 3.05) is 0 Å². The molecule has 1 heterocycles. The highest BCUT2D eigenvalue weighted by molar-refractivity contribution is 6.84. The lowest BCUT2D eigenvalue weighted by Gasteiger charge is -2.02. The molecule has 0 aliphatic rings. The van der Waals surface area contributed by atoms with Crippen LogP contribution >= 0.6 is 0 Å². The summed E-state index contributed by atoms with van der Waals surface area (Å²) in [6, 6.07) is 3.36. The monoisotopic (exact) mass is 203 g/mol. The van der Waals surface area contributed by atoms with Gasteiger partial charge in [0.15, 0.2) is 0 Å². The summed E-state index contributed by atoms with van der Waals surface area (Å²) in [7, 11) is -1.45. The van der Waals surface area contributed by atoms with E-state index in [9.17, 15) is 4.79 Å². The van der Waals surface area contributed by atoms with Gasteiger partial charge in [-0.15, -0.1) is 5.54 Å². The topological polar surface area (TPSA) is 30.0 Å². The Labute approximate surface area is 85.4 Å². The molecular weight excluding hydrogens is 190 g/mol. The van der Waals surface area contributed by atoms with E-state index in [0.717, 1.165) is 0 Å². The summed E-state index contributed by atoms with van der Waals surface area (Å²) in [6.07, 6.45) is 3.20. The number of hydrogen-bond donors (Lipinski definition) is 0. The number of hydrogen-bond acceptors (Lipinski definition) is 2. The van der Waals surface area contributed by atoms with E-state index in [1.54, 1.807) is 24.5 Å². The van der Waals surface area contributed by atoms with Gasteiger partial charge in [-0.05, 0) is 18.1 Å². The molecule has 0 aliphatic carbocycles. The molecule has 2 nitrogen and oxygen atoms in total. The summed E-state index contributed by atoms with van der Waals surface area (Å²) >= 11 is 0. The minimum atomic E-state index is -1.45. The fraction of sp³-hybridized carbons (Fsp3) is 0.273. The number of ketones is 1. The zero-order chi connectivity index (χ0) is 10.6. The van der Waals surface area contributed by atoms with Crippen LogP contribution in [0, 0.1) is 11.5 Å². The average molecular weight is 203 g/mol. The van der Waals surface area contributed by atoms with Crippen LogP contribution in [0.2, 0.25) is 19.6 Å². The van der Waals surface area contributed by atoms with E-state index in [-0.39, 0.29) is 5.78 Å². The Bertz CT molecular complexity index is 381. The third kappa shape index (κ3) is 3.54. The predicted molar refractivity (Wildman–Crippen MR) is 59.7 cm³/mol. The van der Waals surface area contributed by atoms with Gasteiger partial charge in [0.25, 0.3) is 0 Å². The van der Waals surface area contributed by atoms with Gasteiger partial charge in [-0.25, -0.2) is 0 Å². The van der Waals surface area contributed by atoms with Crippen molar-refractivity contribution in [1.29, 1.82) is 0 Å². The Hall–Kier alpha value is -1.40. The zero-order valence-corrected chi connectivity index (χ0v) is 9.66. The van der Waals surface area contributed by atoms with Crippen LogP contribution in [0.1, 0.15) is 10.4 Å². The van der Waals surface area contributed by atoms with Crippen LogP contribution in [0.4, 0.5) is 0 Å². The van der Waals surface area contributed by atoms with Crippen molar-refractivity contribution < 1.29 is 4.79 Å². The van der Waals surface area contributed by atoms with Crippen LogP contribution < -0.4 is 0 Å². The smallest absolute Gasteiger partial charge is 0.235 e. The highest BCUT2D eigenvalue weighted by atomic mass is 28.3. The van der Waals surface area contributed by atoms with E-state index in [1.807, 2.05) is 0 Å². The molecule has 0 aromatic carbocycles. The maximum atomic E-state index is 11.5. The first-order valence-corrected chi connectivity index (χ1v) is 7.96. The summed E-state index contributed by atoms with van der Waals surface area (Å²) in [6.45, 7) is 6.33. The normalized spacial score (nSPS) is 10.2.